The Kier molecular flexibility index (Phi) is 10.3. The second kappa shape index (κ2) is 13.7. The van der Waals surface area contributed by atoms with Crippen molar-refractivity contribution in [3.8, 4) is 0 Å². The number of sulfone groups is 1. The predicted octanol–water partition coefficient (Wildman–Crippen LogP) is 2.65. The molecule has 39 heavy (non-hydrogen) atoms. The first-order chi connectivity index (χ1) is 18.6. The van der Waals surface area contributed by atoms with Crippen molar-refractivity contribution in [3.05, 3.63) is 66.1 Å². The van der Waals surface area contributed by atoms with E-state index < -0.39 is 64.1 Å². The summed E-state index contributed by atoms with van der Waals surface area (Å²) in [4.78, 5) is 54.0. The smallest absolute Gasteiger partial charge is 0.303 e. The van der Waals surface area contributed by atoms with Crippen LogP contribution in [0.4, 0.5) is 0 Å². The van der Waals surface area contributed by atoms with Crippen LogP contribution in [0.5, 0.6) is 0 Å². The van der Waals surface area contributed by atoms with E-state index in [0.29, 0.717) is 29.5 Å². The Balaban J connectivity index is 1.82. The van der Waals surface area contributed by atoms with E-state index in [1.54, 1.807) is 54.6 Å². The molecule has 0 fully saturated rings. The van der Waals surface area contributed by atoms with E-state index in [-0.39, 0.29) is 18.1 Å². The van der Waals surface area contributed by atoms with Crippen LogP contribution >= 0.6 is 0 Å². The van der Waals surface area contributed by atoms with Crippen LogP contribution in [0, 0.1) is 0 Å². The fourth-order valence-electron chi connectivity index (χ4n) is 3.89. The van der Waals surface area contributed by atoms with E-state index in [1.807, 2.05) is 6.92 Å². The molecule has 2 amide bonds. The molecule has 0 aliphatic heterocycles. The summed E-state index contributed by atoms with van der Waals surface area (Å²) in [6, 6.07) is 12.5. The summed E-state index contributed by atoms with van der Waals surface area (Å²) in [5.41, 5.74) is 1.37. The normalized spacial score (nSPS) is 12.9. The Bertz CT molecular complexity index is 1390. The molecule has 0 bridgehead atoms. The third-order valence-corrected chi connectivity index (χ3v) is 7.47. The standard InChI is InChI=1S/C27H31N3O8S/c1-2-3-11-20(25(34)27-30-19-12-7-8-13-22(19)38-27)29-26(35)21(28-23(31)14-15-24(32)33)17-39(36,37)16-18-9-5-4-6-10-18/h4-10,12-13,20-21H,2-3,11,14-17H2,1H3,(H,28,31)(H,29,35)(H,32,33)/t20-,21-/m0/s1. The van der Waals surface area contributed by atoms with Crippen LogP contribution in [0.1, 0.15) is 55.3 Å². The van der Waals surface area contributed by atoms with Gasteiger partial charge >= 0.3 is 5.97 Å². The summed E-state index contributed by atoms with van der Waals surface area (Å²) >= 11 is 0. The molecule has 0 radical (unpaired) electrons. The topological polar surface area (TPSA) is 173 Å². The highest BCUT2D eigenvalue weighted by Crippen LogP contribution is 2.18. The lowest BCUT2D eigenvalue weighted by molar-refractivity contribution is -0.139. The molecular formula is C27H31N3O8S. The number of carbonyl (C=O) groups excluding carboxylic acids is 3. The molecule has 0 unspecified atom stereocenters. The number of amides is 2. The molecule has 1 aromatic heterocycles. The van der Waals surface area contributed by atoms with Gasteiger partial charge in [0.25, 0.3) is 5.89 Å². The number of benzene rings is 2. The van der Waals surface area contributed by atoms with Crippen molar-refractivity contribution < 1.29 is 37.1 Å². The van der Waals surface area contributed by atoms with Gasteiger partial charge in [0.15, 0.2) is 15.4 Å². The summed E-state index contributed by atoms with van der Waals surface area (Å²) in [7, 11) is -3.91. The van der Waals surface area contributed by atoms with Crippen LogP contribution in [-0.2, 0) is 30.0 Å². The molecule has 208 valence electrons. The summed E-state index contributed by atoms with van der Waals surface area (Å²) in [5.74, 6) is -4.81. The first-order valence-corrected chi connectivity index (χ1v) is 14.4. The van der Waals surface area contributed by atoms with Gasteiger partial charge < -0.3 is 20.2 Å². The first kappa shape index (κ1) is 29.5. The molecule has 0 saturated heterocycles. The third-order valence-electron chi connectivity index (χ3n) is 5.85. The van der Waals surface area contributed by atoms with E-state index in [9.17, 15) is 27.6 Å². The van der Waals surface area contributed by atoms with Crippen molar-refractivity contribution in [2.75, 3.05) is 5.75 Å². The number of aromatic nitrogens is 1. The van der Waals surface area contributed by atoms with Gasteiger partial charge in [-0.25, -0.2) is 13.4 Å². The Morgan fingerprint density at radius 1 is 0.949 bits per heavy atom. The number of oxazole rings is 1. The van der Waals surface area contributed by atoms with Crippen molar-refractivity contribution >= 4 is 44.5 Å². The maximum Gasteiger partial charge on any atom is 0.303 e. The van der Waals surface area contributed by atoms with Crippen LogP contribution in [0.3, 0.4) is 0 Å². The maximum atomic E-state index is 13.3. The van der Waals surface area contributed by atoms with Crippen LogP contribution in [0.15, 0.2) is 59.0 Å². The van der Waals surface area contributed by atoms with Gasteiger partial charge in [0.2, 0.25) is 17.6 Å². The molecule has 2 aromatic carbocycles. The van der Waals surface area contributed by atoms with Gasteiger partial charge in [-0.05, 0) is 24.1 Å². The van der Waals surface area contributed by atoms with Crippen LogP contribution in [0.25, 0.3) is 11.1 Å². The number of unbranched alkanes of at least 4 members (excludes halogenated alkanes) is 1. The number of Topliss-reactive ketones (excluding diaryl/α,β-unsaturated/α-hetero) is 1. The maximum absolute atomic E-state index is 13.3. The average molecular weight is 558 g/mol. The number of aliphatic carboxylic acids is 1. The van der Waals surface area contributed by atoms with Gasteiger partial charge in [-0.1, -0.05) is 62.2 Å². The monoisotopic (exact) mass is 557 g/mol. The Labute approximate surface area is 225 Å². The molecule has 12 heteroatoms. The van der Waals surface area contributed by atoms with E-state index in [0.717, 1.165) is 0 Å². The third kappa shape index (κ3) is 9.02. The first-order valence-electron chi connectivity index (χ1n) is 12.5. The highest BCUT2D eigenvalue weighted by molar-refractivity contribution is 7.90. The Hall–Kier alpha value is -4.06. The van der Waals surface area contributed by atoms with E-state index in [2.05, 4.69) is 15.6 Å². The number of hydrogen-bond acceptors (Lipinski definition) is 8. The molecule has 11 nitrogen and oxygen atoms in total. The van der Waals surface area contributed by atoms with Crippen molar-refractivity contribution in [1.82, 2.24) is 15.6 Å². The van der Waals surface area contributed by atoms with Crippen molar-refractivity contribution in [2.24, 2.45) is 0 Å². The lowest BCUT2D eigenvalue weighted by Crippen LogP contribution is -2.54. The minimum Gasteiger partial charge on any atom is -0.481 e. The number of carboxylic acids is 1. The molecular weight excluding hydrogens is 526 g/mol. The van der Waals surface area contributed by atoms with Gasteiger partial charge in [-0.15, -0.1) is 0 Å². The number of ketones is 1. The molecule has 0 saturated carbocycles. The zero-order valence-corrected chi connectivity index (χ0v) is 22.3. The van der Waals surface area contributed by atoms with Crippen LogP contribution < -0.4 is 10.6 Å². The summed E-state index contributed by atoms with van der Waals surface area (Å²) in [6.45, 7) is 1.91. The molecule has 1 heterocycles. The molecule has 3 aromatic rings. The van der Waals surface area contributed by atoms with Gasteiger partial charge in [0, 0.05) is 6.42 Å². The second-order valence-electron chi connectivity index (χ2n) is 9.11. The minimum atomic E-state index is -3.91. The molecule has 0 spiro atoms. The van der Waals surface area contributed by atoms with Gasteiger partial charge in [0.1, 0.15) is 11.6 Å². The number of nitrogens with zero attached hydrogens (tertiary/aromatic N) is 1. The van der Waals surface area contributed by atoms with E-state index in [4.69, 9.17) is 9.52 Å². The number of rotatable bonds is 15. The Morgan fingerprint density at radius 2 is 1.64 bits per heavy atom. The van der Waals surface area contributed by atoms with E-state index >= 15 is 0 Å². The quantitative estimate of drug-likeness (QED) is 0.237. The SMILES string of the molecule is CCCC[C@H](NC(=O)[C@H](CS(=O)(=O)Cc1ccccc1)NC(=O)CCC(=O)O)C(=O)c1nc2ccccc2o1. The average Bonchev–Trinajstić information content (AvgIpc) is 3.33. The number of nitrogens with one attached hydrogen (secondary N) is 2. The zero-order valence-electron chi connectivity index (χ0n) is 21.5. The summed E-state index contributed by atoms with van der Waals surface area (Å²) in [6.07, 6.45) is 0.578. The molecule has 0 aliphatic carbocycles. The van der Waals surface area contributed by atoms with E-state index in [1.165, 1.54) is 0 Å². The highest BCUT2D eigenvalue weighted by Gasteiger charge is 2.32. The number of para-hydroxylation sites is 2. The fraction of sp³-hybridized carbons (Fsp3) is 0.370. The Morgan fingerprint density at radius 3 is 2.31 bits per heavy atom. The molecule has 3 N–H and O–H groups in total. The van der Waals surface area contributed by atoms with Crippen molar-refractivity contribution in [2.45, 2.75) is 56.9 Å². The lowest BCUT2D eigenvalue weighted by atomic mass is 10.0. The predicted molar refractivity (Wildman–Crippen MR) is 143 cm³/mol. The number of carboxylic acid groups (broad SMARTS) is 1. The van der Waals surface area contributed by atoms with Crippen LogP contribution in [0.2, 0.25) is 0 Å². The number of carbonyl (C=O) groups is 4. The lowest BCUT2D eigenvalue weighted by Gasteiger charge is -2.22. The second-order valence-corrected chi connectivity index (χ2v) is 11.2. The largest absolute Gasteiger partial charge is 0.481 e. The van der Waals surface area contributed by atoms with Gasteiger partial charge in [-0.2, -0.15) is 0 Å². The van der Waals surface area contributed by atoms with Crippen molar-refractivity contribution in [3.63, 3.8) is 0 Å². The zero-order chi connectivity index (χ0) is 28.4. The highest BCUT2D eigenvalue weighted by atomic mass is 32.2. The van der Waals surface area contributed by atoms with Crippen molar-refractivity contribution in [1.29, 1.82) is 0 Å². The minimum absolute atomic E-state index is 0.198. The summed E-state index contributed by atoms with van der Waals surface area (Å²) in [5, 5.41) is 13.8. The van der Waals surface area contributed by atoms with Crippen LogP contribution in [-0.4, -0.2) is 59.9 Å². The molecule has 2 atom stereocenters. The van der Waals surface area contributed by atoms with Gasteiger partial charge in [0.05, 0.1) is 24.0 Å². The number of hydrogen-bond donors (Lipinski definition) is 3. The molecule has 0 aliphatic rings. The number of fused-ring (bicyclic) bond motifs is 1. The molecule has 3 rings (SSSR count). The van der Waals surface area contributed by atoms with Gasteiger partial charge in [-0.3, -0.25) is 19.2 Å². The summed E-state index contributed by atoms with van der Waals surface area (Å²) < 4.78 is 31.5. The fourth-order valence-corrected chi connectivity index (χ4v) is 5.45.